The second-order valence-electron chi connectivity index (χ2n) is 6.32. The van der Waals surface area contributed by atoms with Gasteiger partial charge in [0.25, 0.3) is 0 Å². The van der Waals surface area contributed by atoms with Gasteiger partial charge in [-0.25, -0.2) is 14.8 Å². The van der Waals surface area contributed by atoms with Crippen molar-refractivity contribution in [1.82, 2.24) is 19.7 Å². The van der Waals surface area contributed by atoms with Gasteiger partial charge in [-0.1, -0.05) is 12.8 Å². The molecule has 0 aliphatic heterocycles. The number of nitrogens with zero attached hydrogens (tertiary/aromatic N) is 5. The third-order valence-corrected chi connectivity index (χ3v) is 4.59. The van der Waals surface area contributed by atoms with E-state index in [2.05, 4.69) is 20.4 Å². The second-order valence-corrected chi connectivity index (χ2v) is 6.32. The topological polar surface area (TPSA) is 117 Å². The molecule has 4 rings (SSSR count). The minimum atomic E-state index is -1.02. The lowest BCUT2D eigenvalue weighted by Crippen LogP contribution is -2.18. The van der Waals surface area contributed by atoms with Crippen molar-refractivity contribution in [3.63, 3.8) is 0 Å². The Kier molecular flexibility index (Phi) is 3.97. The molecule has 0 radical (unpaired) electrons. The summed E-state index contributed by atoms with van der Waals surface area (Å²) in [5.41, 5.74) is 1.68. The second kappa shape index (κ2) is 6.44. The highest BCUT2D eigenvalue weighted by atomic mass is 16.4. The number of carboxylic acids is 1. The lowest BCUT2D eigenvalue weighted by molar-refractivity contribution is 0.0697. The number of fused-ring (bicyclic) bond motifs is 1. The first-order chi connectivity index (χ1) is 12.7. The van der Waals surface area contributed by atoms with Crippen LogP contribution in [0.2, 0.25) is 0 Å². The summed E-state index contributed by atoms with van der Waals surface area (Å²) < 4.78 is 1.54. The molecular formula is C18H16N6O2. The maximum Gasteiger partial charge on any atom is 0.339 e. The Labute approximate surface area is 149 Å². The van der Waals surface area contributed by atoms with Gasteiger partial charge in [-0.3, -0.25) is 0 Å². The maximum absolute atomic E-state index is 11.5. The zero-order valence-corrected chi connectivity index (χ0v) is 13.9. The average Bonchev–Trinajstić information content (AvgIpc) is 3.30. The summed E-state index contributed by atoms with van der Waals surface area (Å²) in [6.45, 7) is 0. The molecular weight excluding hydrogens is 332 g/mol. The Hall–Kier alpha value is -3.47. The summed E-state index contributed by atoms with van der Waals surface area (Å²) in [4.78, 5) is 20.1. The Morgan fingerprint density at radius 2 is 2.04 bits per heavy atom. The van der Waals surface area contributed by atoms with Crippen LogP contribution in [-0.2, 0) is 0 Å². The monoisotopic (exact) mass is 348 g/mol. The third kappa shape index (κ3) is 2.84. The van der Waals surface area contributed by atoms with Gasteiger partial charge in [0, 0.05) is 29.9 Å². The van der Waals surface area contributed by atoms with Gasteiger partial charge in [-0.05, 0) is 18.9 Å². The fourth-order valence-electron chi connectivity index (χ4n) is 3.29. The van der Waals surface area contributed by atoms with E-state index in [-0.39, 0.29) is 11.6 Å². The molecule has 3 aromatic rings. The Morgan fingerprint density at radius 3 is 2.77 bits per heavy atom. The van der Waals surface area contributed by atoms with Gasteiger partial charge in [-0.2, -0.15) is 15.0 Å². The van der Waals surface area contributed by atoms with Crippen LogP contribution in [0.5, 0.6) is 0 Å². The van der Waals surface area contributed by atoms with E-state index in [4.69, 9.17) is 5.26 Å². The van der Waals surface area contributed by atoms with Gasteiger partial charge in [0.1, 0.15) is 11.6 Å². The van der Waals surface area contributed by atoms with Crippen LogP contribution >= 0.6 is 0 Å². The largest absolute Gasteiger partial charge is 0.478 e. The predicted octanol–water partition coefficient (Wildman–Crippen LogP) is 2.74. The molecule has 1 aliphatic carbocycles. The van der Waals surface area contributed by atoms with Crippen molar-refractivity contribution in [3.8, 4) is 11.9 Å². The molecule has 1 fully saturated rings. The van der Waals surface area contributed by atoms with Gasteiger partial charge in [0.2, 0.25) is 0 Å². The van der Waals surface area contributed by atoms with Crippen LogP contribution in [0.4, 0.5) is 5.69 Å². The molecule has 0 bridgehead atoms. The van der Waals surface area contributed by atoms with E-state index in [9.17, 15) is 9.90 Å². The van der Waals surface area contributed by atoms with Crippen molar-refractivity contribution < 1.29 is 9.90 Å². The first kappa shape index (κ1) is 16.0. The van der Waals surface area contributed by atoms with Crippen LogP contribution in [0.3, 0.4) is 0 Å². The molecule has 8 heteroatoms. The predicted molar refractivity (Wildman–Crippen MR) is 94.2 cm³/mol. The van der Waals surface area contributed by atoms with Crippen LogP contribution in [-0.4, -0.2) is 36.9 Å². The first-order valence-corrected chi connectivity index (χ1v) is 8.40. The smallest absolute Gasteiger partial charge is 0.339 e. The highest BCUT2D eigenvalue weighted by Gasteiger charge is 2.20. The van der Waals surface area contributed by atoms with Crippen molar-refractivity contribution in [2.24, 2.45) is 0 Å². The summed E-state index contributed by atoms with van der Waals surface area (Å²) >= 11 is 0. The lowest BCUT2D eigenvalue weighted by Gasteiger charge is -2.16. The van der Waals surface area contributed by atoms with Gasteiger partial charge in [-0.15, -0.1) is 0 Å². The average molecular weight is 348 g/mol. The van der Waals surface area contributed by atoms with E-state index in [1.165, 1.54) is 12.4 Å². The molecule has 3 heterocycles. The number of rotatable bonds is 4. The standard InChI is InChI=1S/C18H16N6O2/c19-7-11-5-12-9-22-24(17(12)21-8-11)16-6-15(14(10-20-16)18(25)26)23-13-3-1-2-4-13/h5-6,8-10,13H,1-4H2,(H,20,23)(H,25,26). The van der Waals surface area contributed by atoms with Gasteiger partial charge < -0.3 is 10.4 Å². The molecule has 2 N–H and O–H groups in total. The van der Waals surface area contributed by atoms with Gasteiger partial charge in [0.15, 0.2) is 11.5 Å². The molecule has 0 spiro atoms. The number of aromatic carboxylic acids is 1. The highest BCUT2D eigenvalue weighted by Crippen LogP contribution is 2.26. The van der Waals surface area contributed by atoms with Gasteiger partial charge >= 0.3 is 5.97 Å². The Balaban J connectivity index is 1.77. The normalized spacial score (nSPS) is 14.4. The molecule has 130 valence electrons. The lowest BCUT2D eigenvalue weighted by atomic mass is 10.2. The molecule has 0 atom stereocenters. The molecule has 0 amide bonds. The molecule has 0 unspecified atom stereocenters. The summed E-state index contributed by atoms with van der Waals surface area (Å²) in [5, 5.41) is 26.8. The van der Waals surface area contributed by atoms with Gasteiger partial charge in [0.05, 0.1) is 17.4 Å². The number of carboxylic acid groups (broad SMARTS) is 1. The molecule has 0 saturated heterocycles. The highest BCUT2D eigenvalue weighted by molar-refractivity contribution is 5.94. The molecule has 26 heavy (non-hydrogen) atoms. The van der Waals surface area contributed by atoms with E-state index in [0.29, 0.717) is 22.7 Å². The quantitative estimate of drug-likeness (QED) is 0.744. The van der Waals surface area contributed by atoms with E-state index in [1.807, 2.05) is 6.07 Å². The fourth-order valence-corrected chi connectivity index (χ4v) is 3.29. The van der Waals surface area contributed by atoms with Crippen LogP contribution < -0.4 is 5.32 Å². The zero-order valence-electron chi connectivity index (χ0n) is 13.9. The minimum Gasteiger partial charge on any atom is -0.478 e. The summed E-state index contributed by atoms with van der Waals surface area (Å²) in [6, 6.07) is 5.71. The molecule has 1 saturated carbocycles. The van der Waals surface area contributed by atoms with Crippen LogP contribution in [0.15, 0.2) is 30.7 Å². The summed E-state index contributed by atoms with van der Waals surface area (Å²) in [5.74, 6) is -0.547. The number of hydrogen-bond acceptors (Lipinski definition) is 6. The zero-order chi connectivity index (χ0) is 18.1. The van der Waals surface area contributed by atoms with Crippen LogP contribution in [0.25, 0.3) is 16.9 Å². The van der Waals surface area contributed by atoms with E-state index < -0.39 is 5.97 Å². The van der Waals surface area contributed by atoms with E-state index in [0.717, 1.165) is 31.1 Å². The summed E-state index contributed by atoms with van der Waals surface area (Å²) in [6.07, 6.45) is 8.77. The van der Waals surface area contributed by atoms with Crippen LogP contribution in [0, 0.1) is 11.3 Å². The Morgan fingerprint density at radius 1 is 1.23 bits per heavy atom. The number of nitriles is 1. The number of aromatic nitrogens is 4. The van der Waals surface area contributed by atoms with Crippen molar-refractivity contribution in [1.29, 1.82) is 5.26 Å². The number of hydrogen-bond donors (Lipinski definition) is 2. The fraction of sp³-hybridized carbons (Fsp3) is 0.278. The van der Waals surface area contributed by atoms with Crippen molar-refractivity contribution >= 4 is 22.7 Å². The molecule has 0 aromatic carbocycles. The van der Waals surface area contributed by atoms with Crippen molar-refractivity contribution in [2.45, 2.75) is 31.7 Å². The molecule has 3 aromatic heterocycles. The minimum absolute atomic E-state index is 0.136. The molecule has 1 aliphatic rings. The molecule has 8 nitrogen and oxygen atoms in total. The van der Waals surface area contributed by atoms with E-state index in [1.54, 1.807) is 23.0 Å². The third-order valence-electron chi connectivity index (χ3n) is 4.59. The van der Waals surface area contributed by atoms with Crippen LogP contribution in [0.1, 0.15) is 41.6 Å². The Bertz CT molecular complexity index is 1030. The SMILES string of the molecule is N#Cc1cnc2c(cnn2-c2cc(NC3CCCC3)c(C(=O)O)cn2)c1. The summed E-state index contributed by atoms with van der Waals surface area (Å²) in [7, 11) is 0. The number of carbonyl (C=O) groups is 1. The van der Waals surface area contributed by atoms with Crippen molar-refractivity contribution in [2.75, 3.05) is 5.32 Å². The number of nitrogens with one attached hydrogen (secondary N) is 1. The maximum atomic E-state index is 11.5. The number of anilines is 1. The first-order valence-electron chi connectivity index (χ1n) is 8.40. The van der Waals surface area contributed by atoms with Crippen molar-refractivity contribution in [3.05, 3.63) is 41.9 Å². The number of pyridine rings is 2. The van der Waals surface area contributed by atoms with E-state index >= 15 is 0 Å².